The summed E-state index contributed by atoms with van der Waals surface area (Å²) in [4.78, 5) is 10.8. The molecule has 1 aliphatic carbocycles. The van der Waals surface area contributed by atoms with Gasteiger partial charge in [-0.25, -0.2) is 4.79 Å². The van der Waals surface area contributed by atoms with E-state index < -0.39 is 0 Å². The lowest BCUT2D eigenvalue weighted by Crippen LogP contribution is -1.93. The van der Waals surface area contributed by atoms with Crippen molar-refractivity contribution in [3.63, 3.8) is 0 Å². The quantitative estimate of drug-likeness (QED) is 0.482. The van der Waals surface area contributed by atoms with Crippen LogP contribution in [0.25, 0.3) is 0 Å². The Kier molecular flexibility index (Phi) is 4.30. The fourth-order valence-corrected chi connectivity index (χ4v) is 1.43. The van der Waals surface area contributed by atoms with Crippen molar-refractivity contribution >= 4 is 5.97 Å². The topological polar surface area (TPSA) is 26.3 Å². The van der Waals surface area contributed by atoms with Crippen molar-refractivity contribution < 1.29 is 9.53 Å². The molecule has 0 fully saturated rings. The first-order chi connectivity index (χ1) is 6.33. The predicted molar refractivity (Wildman–Crippen MR) is 52.3 cm³/mol. The Morgan fingerprint density at radius 3 is 3.08 bits per heavy atom. The molecule has 0 radical (unpaired) electrons. The van der Waals surface area contributed by atoms with Crippen molar-refractivity contribution in [2.75, 3.05) is 7.11 Å². The summed E-state index contributed by atoms with van der Waals surface area (Å²) < 4.78 is 4.52. The van der Waals surface area contributed by atoms with E-state index >= 15 is 0 Å². The van der Waals surface area contributed by atoms with Crippen LogP contribution >= 0.6 is 0 Å². The second kappa shape index (κ2) is 5.57. The molecule has 13 heavy (non-hydrogen) atoms. The van der Waals surface area contributed by atoms with Crippen LogP contribution in [0.4, 0.5) is 0 Å². The number of hydrogen-bond acceptors (Lipinski definition) is 2. The Balaban J connectivity index is 2.46. The lowest BCUT2D eigenvalue weighted by atomic mass is 10.1. The Labute approximate surface area is 79.3 Å². The number of allylic oxidation sites excluding steroid dienone is 3. The fourth-order valence-electron chi connectivity index (χ4n) is 1.43. The van der Waals surface area contributed by atoms with Crippen LogP contribution in [-0.4, -0.2) is 13.1 Å². The van der Waals surface area contributed by atoms with E-state index in [-0.39, 0.29) is 5.97 Å². The maximum atomic E-state index is 10.8. The molecule has 0 spiro atoms. The Morgan fingerprint density at radius 2 is 2.31 bits per heavy atom. The van der Waals surface area contributed by atoms with Crippen LogP contribution in [0.15, 0.2) is 23.8 Å². The van der Waals surface area contributed by atoms with Gasteiger partial charge in [-0.05, 0) is 25.7 Å². The van der Waals surface area contributed by atoms with Crippen molar-refractivity contribution in [2.24, 2.45) is 0 Å². The Bertz CT molecular complexity index is 226. The summed E-state index contributed by atoms with van der Waals surface area (Å²) in [6.07, 6.45) is 11.6. The van der Waals surface area contributed by atoms with E-state index in [1.54, 1.807) is 0 Å². The molecule has 0 aromatic heterocycles. The second-order valence-corrected chi connectivity index (χ2v) is 3.23. The third kappa shape index (κ3) is 3.92. The average Bonchev–Trinajstić information content (AvgIpc) is 2.42. The van der Waals surface area contributed by atoms with Crippen molar-refractivity contribution in [3.8, 4) is 0 Å². The third-order valence-electron chi connectivity index (χ3n) is 2.21. The van der Waals surface area contributed by atoms with E-state index in [0.717, 1.165) is 12.8 Å². The molecule has 0 heterocycles. The standard InChI is InChI=1S/C11H16O2/c1-13-11(12)9-8-10-6-4-2-3-5-7-10/h6,8-9H,2-5,7H2,1H3/b9-8+. The van der Waals surface area contributed by atoms with E-state index in [1.165, 1.54) is 38.0 Å². The van der Waals surface area contributed by atoms with Crippen LogP contribution in [0, 0.1) is 0 Å². The number of ether oxygens (including phenoxy) is 1. The van der Waals surface area contributed by atoms with Gasteiger partial charge in [0.15, 0.2) is 0 Å². The summed E-state index contributed by atoms with van der Waals surface area (Å²) in [6, 6.07) is 0. The summed E-state index contributed by atoms with van der Waals surface area (Å²) >= 11 is 0. The summed E-state index contributed by atoms with van der Waals surface area (Å²) in [5.74, 6) is -0.273. The number of carbonyl (C=O) groups is 1. The molecule has 0 aromatic rings. The molecule has 1 aliphatic rings. The van der Waals surface area contributed by atoms with Crippen LogP contribution in [0.5, 0.6) is 0 Å². The summed E-state index contributed by atoms with van der Waals surface area (Å²) in [7, 11) is 1.40. The van der Waals surface area contributed by atoms with Gasteiger partial charge in [-0.2, -0.15) is 0 Å². The highest BCUT2D eigenvalue weighted by atomic mass is 16.5. The zero-order valence-electron chi connectivity index (χ0n) is 8.08. The molecule has 0 saturated carbocycles. The molecule has 0 bridgehead atoms. The van der Waals surface area contributed by atoms with E-state index in [1.807, 2.05) is 6.08 Å². The lowest BCUT2D eigenvalue weighted by molar-refractivity contribution is -0.134. The van der Waals surface area contributed by atoms with E-state index in [9.17, 15) is 4.79 Å². The number of methoxy groups -OCH3 is 1. The zero-order chi connectivity index (χ0) is 9.52. The van der Waals surface area contributed by atoms with Crippen molar-refractivity contribution in [3.05, 3.63) is 23.8 Å². The van der Waals surface area contributed by atoms with Gasteiger partial charge in [-0.3, -0.25) is 0 Å². The molecule has 72 valence electrons. The van der Waals surface area contributed by atoms with Gasteiger partial charge >= 0.3 is 5.97 Å². The Hall–Kier alpha value is -1.05. The zero-order valence-corrected chi connectivity index (χ0v) is 8.08. The lowest BCUT2D eigenvalue weighted by Gasteiger charge is -1.96. The van der Waals surface area contributed by atoms with Gasteiger partial charge in [0.25, 0.3) is 0 Å². The van der Waals surface area contributed by atoms with Gasteiger partial charge in [0, 0.05) is 6.08 Å². The number of esters is 1. The first kappa shape index (κ1) is 10.0. The molecule has 0 aromatic carbocycles. The van der Waals surface area contributed by atoms with Gasteiger partial charge in [0.05, 0.1) is 7.11 Å². The summed E-state index contributed by atoms with van der Waals surface area (Å²) in [6.45, 7) is 0. The predicted octanol–water partition coefficient (Wildman–Crippen LogP) is 2.61. The summed E-state index contributed by atoms with van der Waals surface area (Å²) in [5, 5.41) is 0. The van der Waals surface area contributed by atoms with Gasteiger partial charge in [0.2, 0.25) is 0 Å². The van der Waals surface area contributed by atoms with Gasteiger partial charge in [0.1, 0.15) is 0 Å². The summed E-state index contributed by atoms with van der Waals surface area (Å²) in [5.41, 5.74) is 1.27. The smallest absolute Gasteiger partial charge is 0.330 e. The molecule has 1 rings (SSSR count). The highest BCUT2D eigenvalue weighted by Crippen LogP contribution is 2.17. The highest BCUT2D eigenvalue weighted by Gasteiger charge is 2.00. The third-order valence-corrected chi connectivity index (χ3v) is 2.21. The molecule has 0 amide bonds. The van der Waals surface area contributed by atoms with Crippen LogP contribution in [0.2, 0.25) is 0 Å². The van der Waals surface area contributed by atoms with Crippen LogP contribution in [0.3, 0.4) is 0 Å². The monoisotopic (exact) mass is 180 g/mol. The number of rotatable bonds is 2. The number of carbonyl (C=O) groups excluding carboxylic acids is 1. The van der Waals surface area contributed by atoms with E-state index in [2.05, 4.69) is 10.8 Å². The van der Waals surface area contributed by atoms with Crippen LogP contribution < -0.4 is 0 Å². The fraction of sp³-hybridized carbons (Fsp3) is 0.545. The average molecular weight is 180 g/mol. The normalized spacial score (nSPS) is 18.1. The van der Waals surface area contributed by atoms with Gasteiger partial charge in [-0.1, -0.05) is 24.1 Å². The molecular weight excluding hydrogens is 164 g/mol. The minimum absolute atomic E-state index is 0.273. The first-order valence-corrected chi connectivity index (χ1v) is 4.78. The van der Waals surface area contributed by atoms with Crippen LogP contribution in [-0.2, 0) is 9.53 Å². The van der Waals surface area contributed by atoms with E-state index in [4.69, 9.17) is 0 Å². The molecule has 0 aliphatic heterocycles. The van der Waals surface area contributed by atoms with Crippen molar-refractivity contribution in [1.82, 2.24) is 0 Å². The van der Waals surface area contributed by atoms with Gasteiger partial charge < -0.3 is 4.74 Å². The molecule has 0 N–H and O–H groups in total. The van der Waals surface area contributed by atoms with Crippen molar-refractivity contribution in [1.29, 1.82) is 0 Å². The first-order valence-electron chi connectivity index (χ1n) is 4.78. The minimum Gasteiger partial charge on any atom is -0.466 e. The number of hydrogen-bond donors (Lipinski definition) is 0. The van der Waals surface area contributed by atoms with Gasteiger partial charge in [-0.15, -0.1) is 0 Å². The molecule has 0 saturated heterocycles. The largest absolute Gasteiger partial charge is 0.466 e. The maximum absolute atomic E-state index is 10.8. The second-order valence-electron chi connectivity index (χ2n) is 3.23. The Morgan fingerprint density at radius 1 is 1.46 bits per heavy atom. The minimum atomic E-state index is -0.273. The maximum Gasteiger partial charge on any atom is 0.330 e. The SMILES string of the molecule is COC(=O)/C=C/C1=CCCCCC1. The van der Waals surface area contributed by atoms with Crippen LogP contribution in [0.1, 0.15) is 32.1 Å². The molecule has 0 atom stereocenters. The molecule has 2 heteroatoms. The molecular formula is C11H16O2. The molecule has 2 nitrogen and oxygen atoms in total. The van der Waals surface area contributed by atoms with Crippen molar-refractivity contribution in [2.45, 2.75) is 32.1 Å². The van der Waals surface area contributed by atoms with E-state index in [0.29, 0.717) is 0 Å². The molecule has 0 unspecified atom stereocenters. The highest BCUT2D eigenvalue weighted by molar-refractivity contribution is 5.82.